The van der Waals surface area contributed by atoms with Crippen LogP contribution in [-0.4, -0.2) is 9.78 Å². The Hall–Kier alpha value is -2.28. The molecule has 0 aliphatic rings. The number of hydrogen-bond acceptors (Lipinski definition) is 3. The molecule has 0 aliphatic carbocycles. The van der Waals surface area contributed by atoms with E-state index in [0.29, 0.717) is 17.1 Å². The van der Waals surface area contributed by atoms with Crippen LogP contribution in [-0.2, 0) is 7.05 Å². The second kappa shape index (κ2) is 4.30. The zero-order valence-electron chi connectivity index (χ0n) is 10.1. The van der Waals surface area contributed by atoms with Gasteiger partial charge in [0.05, 0.1) is 5.69 Å². The largest absolute Gasteiger partial charge is 0.438 e. The zero-order chi connectivity index (χ0) is 12.4. The highest BCUT2D eigenvalue weighted by Gasteiger charge is 2.15. The fraction of sp³-hybridized carbons (Fsp3) is 0.231. The lowest BCUT2D eigenvalue weighted by atomic mass is 10.2. The van der Waals surface area contributed by atoms with Crippen molar-refractivity contribution in [3.8, 4) is 17.7 Å². The molecule has 0 bridgehead atoms. The molecule has 0 N–H and O–H groups in total. The van der Waals surface area contributed by atoms with Crippen molar-refractivity contribution < 1.29 is 4.74 Å². The van der Waals surface area contributed by atoms with E-state index in [0.717, 1.165) is 11.3 Å². The van der Waals surface area contributed by atoms with Crippen LogP contribution in [0.2, 0.25) is 0 Å². The molecule has 0 fully saturated rings. The molecule has 17 heavy (non-hydrogen) atoms. The number of rotatable bonds is 2. The summed E-state index contributed by atoms with van der Waals surface area (Å²) in [6, 6.07) is 9.80. The van der Waals surface area contributed by atoms with Crippen molar-refractivity contribution in [2.75, 3.05) is 0 Å². The molecule has 0 unspecified atom stereocenters. The van der Waals surface area contributed by atoms with Gasteiger partial charge in [0.25, 0.3) is 0 Å². The molecule has 1 aromatic carbocycles. The highest BCUT2D eigenvalue weighted by Crippen LogP contribution is 2.28. The van der Waals surface area contributed by atoms with Crippen LogP contribution in [0.1, 0.15) is 16.8 Å². The minimum Gasteiger partial charge on any atom is -0.438 e. The van der Waals surface area contributed by atoms with Gasteiger partial charge in [0.15, 0.2) is 0 Å². The van der Waals surface area contributed by atoms with E-state index in [1.165, 1.54) is 0 Å². The number of ether oxygens (including phenoxy) is 1. The molecule has 4 heteroatoms. The van der Waals surface area contributed by atoms with Crippen LogP contribution >= 0.6 is 0 Å². The first-order valence-corrected chi connectivity index (χ1v) is 5.30. The summed E-state index contributed by atoms with van der Waals surface area (Å²) in [5, 5.41) is 13.3. The van der Waals surface area contributed by atoms with Gasteiger partial charge in [-0.1, -0.05) is 18.2 Å². The maximum absolute atomic E-state index is 9.08. The van der Waals surface area contributed by atoms with E-state index in [9.17, 15) is 0 Å². The van der Waals surface area contributed by atoms with E-state index in [1.807, 2.05) is 31.2 Å². The van der Waals surface area contributed by atoms with E-state index in [-0.39, 0.29) is 0 Å². The smallest absolute Gasteiger partial charge is 0.235 e. The van der Waals surface area contributed by atoms with Gasteiger partial charge in [-0.15, -0.1) is 0 Å². The topological polar surface area (TPSA) is 50.8 Å². The summed E-state index contributed by atoms with van der Waals surface area (Å²) >= 11 is 0. The molecule has 0 aliphatic heterocycles. The van der Waals surface area contributed by atoms with Crippen molar-refractivity contribution in [2.24, 2.45) is 7.05 Å². The predicted molar refractivity (Wildman–Crippen MR) is 63.9 cm³/mol. The van der Waals surface area contributed by atoms with Crippen LogP contribution in [0, 0.1) is 25.2 Å². The van der Waals surface area contributed by atoms with Gasteiger partial charge in [0.1, 0.15) is 17.4 Å². The molecule has 0 saturated carbocycles. The fourth-order valence-electron chi connectivity index (χ4n) is 1.66. The Kier molecular flexibility index (Phi) is 2.84. The zero-order valence-corrected chi connectivity index (χ0v) is 10.1. The minimum absolute atomic E-state index is 0.482. The van der Waals surface area contributed by atoms with Crippen molar-refractivity contribution in [3.05, 3.63) is 41.1 Å². The first-order valence-electron chi connectivity index (χ1n) is 5.30. The summed E-state index contributed by atoms with van der Waals surface area (Å²) < 4.78 is 7.34. The third-order valence-corrected chi connectivity index (χ3v) is 2.58. The van der Waals surface area contributed by atoms with Gasteiger partial charge in [-0.2, -0.15) is 10.4 Å². The van der Waals surface area contributed by atoms with E-state index in [1.54, 1.807) is 18.7 Å². The normalized spacial score (nSPS) is 10.0. The number of nitriles is 1. The number of nitrogens with zero attached hydrogens (tertiary/aromatic N) is 3. The molecule has 2 aromatic rings. The number of hydrogen-bond donors (Lipinski definition) is 0. The lowest BCUT2D eigenvalue weighted by Crippen LogP contribution is -1.97. The Balaban J connectivity index is 2.44. The summed E-state index contributed by atoms with van der Waals surface area (Å²) in [6.45, 7) is 3.76. The average molecular weight is 227 g/mol. The van der Waals surface area contributed by atoms with E-state index < -0.39 is 0 Å². The van der Waals surface area contributed by atoms with E-state index >= 15 is 0 Å². The molecule has 0 saturated heterocycles. The summed E-state index contributed by atoms with van der Waals surface area (Å²) in [5.74, 6) is 1.23. The van der Waals surface area contributed by atoms with Crippen LogP contribution in [0.3, 0.4) is 0 Å². The Morgan fingerprint density at radius 3 is 2.65 bits per heavy atom. The quantitative estimate of drug-likeness (QED) is 0.792. The number of benzene rings is 1. The van der Waals surface area contributed by atoms with Gasteiger partial charge in [-0.3, -0.25) is 0 Å². The minimum atomic E-state index is 0.482. The van der Waals surface area contributed by atoms with Gasteiger partial charge in [-0.05, 0) is 25.5 Å². The van der Waals surface area contributed by atoms with Gasteiger partial charge in [-0.25, -0.2) is 4.68 Å². The van der Waals surface area contributed by atoms with E-state index in [2.05, 4.69) is 11.2 Å². The van der Waals surface area contributed by atoms with Crippen molar-refractivity contribution in [1.29, 1.82) is 5.26 Å². The van der Waals surface area contributed by atoms with Crippen molar-refractivity contribution in [2.45, 2.75) is 13.8 Å². The summed E-state index contributed by atoms with van der Waals surface area (Å²) in [6.07, 6.45) is 0. The van der Waals surface area contributed by atoms with Crippen LogP contribution in [0.4, 0.5) is 0 Å². The molecule has 0 spiro atoms. The van der Waals surface area contributed by atoms with Gasteiger partial charge < -0.3 is 4.74 Å². The standard InChI is InChI=1S/C13H13N3O/c1-9-6-4-5-7-12(9)17-13-11(8-14)10(2)15-16(13)3/h4-7H,1-3H3. The third-order valence-electron chi connectivity index (χ3n) is 2.58. The third kappa shape index (κ3) is 2.00. The molecule has 0 radical (unpaired) electrons. The maximum atomic E-state index is 9.08. The second-order valence-electron chi connectivity index (χ2n) is 3.87. The number of aromatic nitrogens is 2. The molecular weight excluding hydrogens is 214 g/mol. The number of aryl methyl sites for hydroxylation is 3. The first kappa shape index (κ1) is 11.2. The molecule has 86 valence electrons. The highest BCUT2D eigenvalue weighted by molar-refractivity contribution is 5.45. The maximum Gasteiger partial charge on any atom is 0.235 e. The molecule has 1 heterocycles. The lowest BCUT2D eigenvalue weighted by molar-refractivity contribution is 0.426. The number of para-hydroxylation sites is 1. The van der Waals surface area contributed by atoms with Gasteiger partial charge in [0, 0.05) is 7.05 Å². The molecule has 4 nitrogen and oxygen atoms in total. The van der Waals surface area contributed by atoms with E-state index in [4.69, 9.17) is 10.00 Å². The molecule has 2 rings (SSSR count). The van der Waals surface area contributed by atoms with Crippen LogP contribution in [0.15, 0.2) is 24.3 Å². The van der Waals surface area contributed by atoms with Crippen molar-refractivity contribution in [3.63, 3.8) is 0 Å². The molecule has 0 amide bonds. The van der Waals surface area contributed by atoms with Crippen molar-refractivity contribution in [1.82, 2.24) is 9.78 Å². The molecular formula is C13H13N3O. The summed E-state index contributed by atoms with van der Waals surface area (Å²) in [7, 11) is 1.77. The Bertz CT molecular complexity index is 593. The van der Waals surface area contributed by atoms with Crippen LogP contribution in [0.5, 0.6) is 11.6 Å². The van der Waals surface area contributed by atoms with Crippen LogP contribution in [0.25, 0.3) is 0 Å². The molecule has 0 atom stereocenters. The lowest BCUT2D eigenvalue weighted by Gasteiger charge is -2.08. The predicted octanol–water partition coefficient (Wildman–Crippen LogP) is 2.70. The highest BCUT2D eigenvalue weighted by atomic mass is 16.5. The SMILES string of the molecule is Cc1ccccc1Oc1c(C#N)c(C)nn1C. The Morgan fingerprint density at radius 1 is 1.29 bits per heavy atom. The van der Waals surface area contributed by atoms with Gasteiger partial charge in [0.2, 0.25) is 5.88 Å². The van der Waals surface area contributed by atoms with Gasteiger partial charge >= 0.3 is 0 Å². The Labute approximate surface area is 100 Å². The molecule has 1 aromatic heterocycles. The summed E-state index contributed by atoms with van der Waals surface area (Å²) in [4.78, 5) is 0. The van der Waals surface area contributed by atoms with Crippen LogP contribution < -0.4 is 4.74 Å². The monoisotopic (exact) mass is 227 g/mol. The average Bonchev–Trinajstić information content (AvgIpc) is 2.56. The summed E-state index contributed by atoms with van der Waals surface area (Å²) in [5.41, 5.74) is 2.18. The van der Waals surface area contributed by atoms with Crippen molar-refractivity contribution >= 4 is 0 Å². The first-order chi connectivity index (χ1) is 8.13. The Morgan fingerprint density at radius 2 is 2.00 bits per heavy atom. The second-order valence-corrected chi connectivity index (χ2v) is 3.87. The fourth-order valence-corrected chi connectivity index (χ4v) is 1.66.